The van der Waals surface area contributed by atoms with Gasteiger partial charge in [0.05, 0.1) is 19.1 Å². The topological polar surface area (TPSA) is 74.0 Å². The number of rotatable bonds is 7. The number of carbonyl (C=O) groups is 1. The summed E-state index contributed by atoms with van der Waals surface area (Å²) in [5, 5.41) is 7.46. The number of hydrogen-bond donors (Lipinski definition) is 1. The number of hydrogen-bond acceptors (Lipinski definition) is 4. The Balaban J connectivity index is 1.35. The minimum atomic E-state index is -0.0889. The Bertz CT molecular complexity index is 773. The van der Waals surface area contributed by atoms with E-state index in [9.17, 15) is 4.79 Å². The van der Waals surface area contributed by atoms with E-state index in [0.29, 0.717) is 30.5 Å². The number of fused-ring (bicyclic) bond motifs is 2. The van der Waals surface area contributed by atoms with Crippen molar-refractivity contribution in [3.63, 3.8) is 0 Å². The van der Waals surface area contributed by atoms with Crippen molar-refractivity contribution in [2.24, 2.45) is 24.8 Å². The maximum atomic E-state index is 12.9. The van der Waals surface area contributed by atoms with Gasteiger partial charge in [-0.3, -0.25) is 4.79 Å². The Morgan fingerprint density at radius 3 is 2.82 bits per heavy atom. The molecule has 2 fully saturated rings. The van der Waals surface area contributed by atoms with Crippen molar-refractivity contribution < 1.29 is 9.53 Å². The van der Waals surface area contributed by atoms with Crippen LogP contribution in [0.25, 0.3) is 0 Å². The van der Waals surface area contributed by atoms with Gasteiger partial charge < -0.3 is 14.6 Å². The number of aromatic nitrogens is 4. The van der Waals surface area contributed by atoms with E-state index in [4.69, 9.17) is 4.74 Å². The molecule has 0 aliphatic heterocycles. The minimum absolute atomic E-state index is 0.0889. The third-order valence-electron chi connectivity index (χ3n) is 6.51. The van der Waals surface area contributed by atoms with E-state index in [-0.39, 0.29) is 11.9 Å². The van der Waals surface area contributed by atoms with Gasteiger partial charge in [0.25, 0.3) is 5.91 Å². The zero-order valence-electron chi connectivity index (χ0n) is 16.9. The number of nitrogens with one attached hydrogen (secondary N) is 1. The predicted octanol–water partition coefficient (Wildman–Crippen LogP) is 3.03. The van der Waals surface area contributed by atoms with Gasteiger partial charge in [-0.2, -0.15) is 5.10 Å². The molecule has 2 aromatic rings. The fraction of sp³-hybridized carbons (Fsp3) is 0.667. The molecule has 7 heteroatoms. The van der Waals surface area contributed by atoms with Gasteiger partial charge in [-0.1, -0.05) is 19.3 Å². The molecule has 0 aromatic carbocycles. The number of amides is 1. The third-order valence-corrected chi connectivity index (χ3v) is 6.51. The van der Waals surface area contributed by atoms with Crippen LogP contribution in [0.15, 0.2) is 24.9 Å². The number of ether oxygens (including phenoxy) is 1. The zero-order valence-corrected chi connectivity index (χ0v) is 16.9. The lowest BCUT2D eigenvalue weighted by atomic mass is 9.66. The summed E-state index contributed by atoms with van der Waals surface area (Å²) in [5.74, 6) is 2.73. The van der Waals surface area contributed by atoms with Crippen LogP contribution in [0.2, 0.25) is 0 Å². The normalized spacial score (nSPS) is 25.3. The van der Waals surface area contributed by atoms with Crippen molar-refractivity contribution in [2.45, 2.75) is 58.0 Å². The van der Waals surface area contributed by atoms with E-state index >= 15 is 0 Å². The molecule has 0 spiro atoms. The predicted molar refractivity (Wildman–Crippen MR) is 106 cm³/mol. The SMILES string of the molecule is CC(NC(=O)c1cnn(C)c1OCCn1ccnc1)C1CC2CCCC(C2)C1. The summed E-state index contributed by atoms with van der Waals surface area (Å²) in [6, 6.07) is 0.176. The van der Waals surface area contributed by atoms with Crippen LogP contribution >= 0.6 is 0 Å². The average molecular weight is 386 g/mol. The van der Waals surface area contributed by atoms with Crippen molar-refractivity contribution in [3.8, 4) is 5.88 Å². The fourth-order valence-corrected chi connectivity index (χ4v) is 5.01. The number of imidazole rings is 1. The first-order chi connectivity index (χ1) is 13.6. The molecular formula is C21H31N5O2. The van der Waals surface area contributed by atoms with E-state index in [2.05, 4.69) is 22.3 Å². The van der Waals surface area contributed by atoms with E-state index in [1.54, 1.807) is 30.5 Å². The van der Waals surface area contributed by atoms with Crippen LogP contribution in [0.4, 0.5) is 0 Å². The van der Waals surface area contributed by atoms with Gasteiger partial charge in [0.15, 0.2) is 0 Å². The van der Waals surface area contributed by atoms with Gasteiger partial charge in [-0.25, -0.2) is 9.67 Å². The smallest absolute Gasteiger partial charge is 0.258 e. The molecule has 28 heavy (non-hydrogen) atoms. The van der Waals surface area contributed by atoms with Gasteiger partial charge in [-0.15, -0.1) is 0 Å². The highest BCUT2D eigenvalue weighted by atomic mass is 16.5. The molecule has 0 saturated heterocycles. The number of nitrogens with zero attached hydrogens (tertiary/aromatic N) is 4. The molecule has 1 amide bonds. The molecule has 3 atom stereocenters. The molecule has 2 aromatic heterocycles. The van der Waals surface area contributed by atoms with E-state index in [0.717, 1.165) is 11.8 Å². The highest BCUT2D eigenvalue weighted by molar-refractivity contribution is 5.96. The van der Waals surface area contributed by atoms with Gasteiger partial charge in [-0.05, 0) is 43.9 Å². The molecule has 4 rings (SSSR count). The largest absolute Gasteiger partial charge is 0.475 e. The summed E-state index contributed by atoms with van der Waals surface area (Å²) in [5.41, 5.74) is 0.510. The second kappa shape index (κ2) is 8.37. The molecule has 2 saturated carbocycles. The number of carbonyl (C=O) groups excluding carboxylic acids is 1. The minimum Gasteiger partial charge on any atom is -0.475 e. The zero-order chi connectivity index (χ0) is 19.5. The van der Waals surface area contributed by atoms with Crippen molar-refractivity contribution in [1.29, 1.82) is 0 Å². The first kappa shape index (κ1) is 19.0. The lowest BCUT2D eigenvalue weighted by Gasteiger charge is -2.41. The quantitative estimate of drug-likeness (QED) is 0.795. The summed E-state index contributed by atoms with van der Waals surface area (Å²) in [4.78, 5) is 16.9. The standard InChI is InChI=1S/C21H31N5O2/c1-15(18-11-16-4-3-5-17(10-16)12-18)24-20(27)19-13-23-25(2)21(19)28-9-8-26-7-6-22-14-26/h6-7,13-18H,3-5,8-12H2,1-2H3,(H,24,27). The molecule has 3 unspecified atom stereocenters. The Labute approximate surface area is 166 Å². The molecule has 152 valence electrons. The van der Waals surface area contributed by atoms with Crippen LogP contribution in [0.5, 0.6) is 5.88 Å². The van der Waals surface area contributed by atoms with Crippen LogP contribution in [0.3, 0.4) is 0 Å². The van der Waals surface area contributed by atoms with Gasteiger partial charge in [0.2, 0.25) is 5.88 Å². The Morgan fingerprint density at radius 1 is 1.32 bits per heavy atom. The maximum absolute atomic E-state index is 12.9. The van der Waals surface area contributed by atoms with Crippen molar-refractivity contribution in [3.05, 3.63) is 30.5 Å². The second-order valence-corrected chi connectivity index (χ2v) is 8.53. The summed E-state index contributed by atoms with van der Waals surface area (Å²) >= 11 is 0. The van der Waals surface area contributed by atoms with E-state index in [1.165, 1.54) is 38.5 Å². The first-order valence-corrected chi connectivity index (χ1v) is 10.5. The van der Waals surface area contributed by atoms with Crippen LogP contribution < -0.4 is 10.1 Å². The first-order valence-electron chi connectivity index (χ1n) is 10.5. The fourth-order valence-electron chi connectivity index (χ4n) is 5.01. The summed E-state index contributed by atoms with van der Waals surface area (Å²) in [6.45, 7) is 3.28. The van der Waals surface area contributed by atoms with Gasteiger partial charge in [0, 0.05) is 25.5 Å². The average Bonchev–Trinajstić information content (AvgIpc) is 3.32. The van der Waals surface area contributed by atoms with Crippen LogP contribution in [-0.4, -0.2) is 37.9 Å². The van der Waals surface area contributed by atoms with E-state index < -0.39 is 0 Å². The van der Waals surface area contributed by atoms with Gasteiger partial charge >= 0.3 is 0 Å². The van der Waals surface area contributed by atoms with Crippen molar-refractivity contribution in [2.75, 3.05) is 6.61 Å². The number of aryl methyl sites for hydroxylation is 1. The molecule has 2 bridgehead atoms. The molecule has 7 nitrogen and oxygen atoms in total. The monoisotopic (exact) mass is 385 g/mol. The Hall–Kier alpha value is -2.31. The molecule has 2 aliphatic carbocycles. The maximum Gasteiger partial charge on any atom is 0.258 e. The Kier molecular flexibility index (Phi) is 5.69. The molecule has 1 N–H and O–H groups in total. The van der Waals surface area contributed by atoms with Crippen molar-refractivity contribution in [1.82, 2.24) is 24.6 Å². The summed E-state index contributed by atoms with van der Waals surface area (Å²) in [7, 11) is 1.80. The lowest BCUT2D eigenvalue weighted by Crippen LogP contribution is -2.42. The molecular weight excluding hydrogens is 354 g/mol. The summed E-state index contributed by atoms with van der Waals surface area (Å²) < 4.78 is 9.45. The van der Waals surface area contributed by atoms with E-state index in [1.807, 2.05) is 10.8 Å². The van der Waals surface area contributed by atoms with Crippen LogP contribution in [-0.2, 0) is 13.6 Å². The molecule has 0 radical (unpaired) electrons. The van der Waals surface area contributed by atoms with Crippen molar-refractivity contribution >= 4 is 5.91 Å². The van der Waals surface area contributed by atoms with Gasteiger partial charge in [0.1, 0.15) is 12.2 Å². The molecule has 2 aliphatic rings. The highest BCUT2D eigenvalue weighted by Crippen LogP contribution is 2.43. The summed E-state index contributed by atoms with van der Waals surface area (Å²) in [6.07, 6.45) is 15.0. The second-order valence-electron chi connectivity index (χ2n) is 8.53. The molecule has 2 heterocycles. The highest BCUT2D eigenvalue weighted by Gasteiger charge is 2.35. The Morgan fingerprint density at radius 2 is 2.11 bits per heavy atom. The van der Waals surface area contributed by atoms with Crippen LogP contribution in [0, 0.1) is 17.8 Å². The van der Waals surface area contributed by atoms with Crippen LogP contribution in [0.1, 0.15) is 55.8 Å². The lowest BCUT2D eigenvalue weighted by molar-refractivity contribution is 0.0850. The third kappa shape index (κ3) is 4.23.